The van der Waals surface area contributed by atoms with Crippen LogP contribution in [0, 0.1) is 18.3 Å². The van der Waals surface area contributed by atoms with Gasteiger partial charge >= 0.3 is 0 Å². The van der Waals surface area contributed by atoms with Crippen molar-refractivity contribution in [2.45, 2.75) is 26.2 Å². The lowest BCUT2D eigenvalue weighted by Crippen LogP contribution is -2.17. The predicted octanol–water partition coefficient (Wildman–Crippen LogP) is 5.24. The van der Waals surface area contributed by atoms with E-state index in [1.807, 2.05) is 19.1 Å². The SMILES string of the molecule is Cc1ccc(NC(=O)c2cccc(C(C)(C)C#N)c2)cc1NC(=O)c1ccc2nccnc2c1. The third kappa shape index (κ3) is 4.76. The van der Waals surface area contributed by atoms with Crippen molar-refractivity contribution in [2.75, 3.05) is 10.6 Å². The number of rotatable bonds is 5. The molecule has 2 N–H and O–H groups in total. The first kappa shape index (κ1) is 22.6. The number of carbonyl (C=O) groups is 2. The molecule has 3 aromatic carbocycles. The van der Waals surface area contributed by atoms with Gasteiger partial charge in [0.15, 0.2) is 0 Å². The van der Waals surface area contributed by atoms with Crippen molar-refractivity contribution in [3.8, 4) is 6.07 Å². The largest absolute Gasteiger partial charge is 0.322 e. The molecular weight excluding hydrogens is 426 g/mol. The van der Waals surface area contributed by atoms with Gasteiger partial charge in [0.05, 0.1) is 22.5 Å². The maximum atomic E-state index is 12.9. The van der Waals surface area contributed by atoms with Crippen molar-refractivity contribution in [1.29, 1.82) is 5.26 Å². The first-order valence-corrected chi connectivity index (χ1v) is 10.7. The average Bonchev–Trinajstić information content (AvgIpc) is 2.85. The van der Waals surface area contributed by atoms with E-state index in [0.29, 0.717) is 33.5 Å². The van der Waals surface area contributed by atoms with E-state index in [9.17, 15) is 14.9 Å². The summed E-state index contributed by atoms with van der Waals surface area (Å²) >= 11 is 0. The zero-order valence-electron chi connectivity index (χ0n) is 19.1. The van der Waals surface area contributed by atoms with Gasteiger partial charge in [-0.2, -0.15) is 5.26 Å². The third-order valence-electron chi connectivity index (χ3n) is 5.60. The number of anilines is 2. The Morgan fingerprint density at radius 2 is 1.56 bits per heavy atom. The second kappa shape index (κ2) is 9.12. The number of carbonyl (C=O) groups excluding carboxylic acids is 2. The molecule has 7 nitrogen and oxygen atoms in total. The quantitative estimate of drug-likeness (QED) is 0.433. The summed E-state index contributed by atoms with van der Waals surface area (Å²) in [7, 11) is 0. The van der Waals surface area contributed by atoms with Gasteiger partial charge in [0, 0.05) is 34.9 Å². The van der Waals surface area contributed by atoms with E-state index in [1.54, 1.807) is 74.8 Å². The molecule has 0 bridgehead atoms. The number of nitrogens with zero attached hydrogens (tertiary/aromatic N) is 3. The molecule has 0 aliphatic rings. The lowest BCUT2D eigenvalue weighted by molar-refractivity contribution is 0.101. The van der Waals surface area contributed by atoms with E-state index in [4.69, 9.17) is 0 Å². The van der Waals surface area contributed by atoms with E-state index in [1.165, 1.54) is 0 Å². The van der Waals surface area contributed by atoms with Crippen LogP contribution in [0.1, 0.15) is 45.7 Å². The summed E-state index contributed by atoms with van der Waals surface area (Å²) in [5, 5.41) is 15.2. The minimum Gasteiger partial charge on any atom is -0.322 e. The lowest BCUT2D eigenvalue weighted by Gasteiger charge is -2.17. The number of hydrogen-bond donors (Lipinski definition) is 2. The van der Waals surface area contributed by atoms with Crippen LogP contribution in [0.15, 0.2) is 73.1 Å². The van der Waals surface area contributed by atoms with E-state index >= 15 is 0 Å². The van der Waals surface area contributed by atoms with Gasteiger partial charge in [0.1, 0.15) is 0 Å². The fourth-order valence-electron chi connectivity index (χ4n) is 3.45. The van der Waals surface area contributed by atoms with Gasteiger partial charge < -0.3 is 10.6 Å². The summed E-state index contributed by atoms with van der Waals surface area (Å²) < 4.78 is 0. The smallest absolute Gasteiger partial charge is 0.255 e. The first-order chi connectivity index (χ1) is 16.3. The minimum atomic E-state index is -0.702. The Balaban J connectivity index is 1.53. The minimum absolute atomic E-state index is 0.287. The molecular formula is C27H23N5O2. The molecule has 0 saturated heterocycles. The van der Waals surface area contributed by atoms with Gasteiger partial charge in [-0.15, -0.1) is 0 Å². The molecule has 1 aromatic heterocycles. The number of hydrogen-bond acceptors (Lipinski definition) is 5. The maximum absolute atomic E-state index is 12.9. The molecule has 0 radical (unpaired) electrons. The van der Waals surface area contributed by atoms with E-state index in [-0.39, 0.29) is 11.8 Å². The fourth-order valence-corrected chi connectivity index (χ4v) is 3.45. The predicted molar refractivity (Wildman–Crippen MR) is 132 cm³/mol. The van der Waals surface area contributed by atoms with Crippen molar-refractivity contribution in [2.24, 2.45) is 0 Å². The molecule has 0 saturated carbocycles. The summed E-state index contributed by atoms with van der Waals surface area (Å²) in [5.74, 6) is -0.588. The van der Waals surface area contributed by atoms with Gasteiger partial charge in [-0.1, -0.05) is 18.2 Å². The molecule has 1 heterocycles. The molecule has 7 heteroatoms. The zero-order valence-corrected chi connectivity index (χ0v) is 19.1. The Bertz CT molecular complexity index is 1450. The molecule has 0 unspecified atom stereocenters. The molecule has 0 atom stereocenters. The van der Waals surface area contributed by atoms with E-state index in [2.05, 4.69) is 26.7 Å². The second-order valence-corrected chi connectivity index (χ2v) is 8.52. The Morgan fingerprint density at radius 1 is 0.853 bits per heavy atom. The standard InChI is InChI=1S/C27H23N5O2/c1-17-7-9-21(31-25(33)18-5-4-6-20(13-18)27(2,3)16-28)15-23(17)32-26(34)19-8-10-22-24(14-19)30-12-11-29-22/h4-15H,1-3H3,(H,31,33)(H,32,34). The molecule has 4 rings (SSSR count). The molecule has 2 amide bonds. The summed E-state index contributed by atoms with van der Waals surface area (Å²) in [4.78, 5) is 34.2. The monoisotopic (exact) mass is 449 g/mol. The Kier molecular flexibility index (Phi) is 6.07. The molecule has 34 heavy (non-hydrogen) atoms. The first-order valence-electron chi connectivity index (χ1n) is 10.7. The van der Waals surface area contributed by atoms with Crippen LogP contribution in [0.3, 0.4) is 0 Å². The van der Waals surface area contributed by atoms with Crippen molar-refractivity contribution < 1.29 is 9.59 Å². The van der Waals surface area contributed by atoms with Gasteiger partial charge in [-0.3, -0.25) is 19.6 Å². The summed E-state index contributed by atoms with van der Waals surface area (Å²) in [6.45, 7) is 5.49. The van der Waals surface area contributed by atoms with Crippen LogP contribution in [-0.2, 0) is 5.41 Å². The number of nitrogens with one attached hydrogen (secondary N) is 2. The summed E-state index contributed by atoms with van der Waals surface area (Å²) in [5.41, 5.74) is 4.29. The van der Waals surface area contributed by atoms with Crippen LogP contribution < -0.4 is 10.6 Å². The van der Waals surface area contributed by atoms with E-state index < -0.39 is 5.41 Å². The molecule has 0 aliphatic carbocycles. The number of amides is 2. The van der Waals surface area contributed by atoms with Gasteiger partial charge in [0.25, 0.3) is 11.8 Å². The summed E-state index contributed by atoms with van der Waals surface area (Å²) in [6, 6.07) is 19.7. The summed E-state index contributed by atoms with van der Waals surface area (Å²) in [6.07, 6.45) is 3.18. The number of nitriles is 1. The van der Waals surface area contributed by atoms with Crippen molar-refractivity contribution in [3.63, 3.8) is 0 Å². The molecule has 0 spiro atoms. The van der Waals surface area contributed by atoms with Crippen LogP contribution in [0.4, 0.5) is 11.4 Å². The highest BCUT2D eigenvalue weighted by Gasteiger charge is 2.21. The molecule has 168 valence electrons. The van der Waals surface area contributed by atoms with Gasteiger partial charge in [-0.25, -0.2) is 0 Å². The lowest BCUT2D eigenvalue weighted by atomic mass is 9.85. The van der Waals surface area contributed by atoms with Crippen LogP contribution in [0.5, 0.6) is 0 Å². The average molecular weight is 450 g/mol. The van der Waals surface area contributed by atoms with Crippen LogP contribution >= 0.6 is 0 Å². The van der Waals surface area contributed by atoms with E-state index in [0.717, 1.165) is 11.1 Å². The highest BCUT2D eigenvalue weighted by molar-refractivity contribution is 6.07. The molecule has 4 aromatic rings. The van der Waals surface area contributed by atoms with Crippen molar-refractivity contribution in [1.82, 2.24) is 9.97 Å². The normalized spacial score (nSPS) is 11.0. The number of aromatic nitrogens is 2. The number of benzene rings is 3. The number of aryl methyl sites for hydroxylation is 1. The fraction of sp³-hybridized carbons (Fsp3) is 0.148. The van der Waals surface area contributed by atoms with Crippen LogP contribution in [0.25, 0.3) is 11.0 Å². The topological polar surface area (TPSA) is 108 Å². The highest BCUT2D eigenvalue weighted by Crippen LogP contribution is 2.25. The third-order valence-corrected chi connectivity index (χ3v) is 5.60. The van der Waals surface area contributed by atoms with Crippen LogP contribution in [0.2, 0.25) is 0 Å². The van der Waals surface area contributed by atoms with Gasteiger partial charge in [-0.05, 0) is 74.4 Å². The molecule has 0 aliphatic heterocycles. The van der Waals surface area contributed by atoms with Crippen molar-refractivity contribution in [3.05, 3.63) is 95.3 Å². The Morgan fingerprint density at radius 3 is 2.32 bits per heavy atom. The molecule has 0 fully saturated rings. The maximum Gasteiger partial charge on any atom is 0.255 e. The zero-order chi connectivity index (χ0) is 24.3. The second-order valence-electron chi connectivity index (χ2n) is 8.52. The highest BCUT2D eigenvalue weighted by atomic mass is 16.2. The van der Waals surface area contributed by atoms with Crippen molar-refractivity contribution >= 4 is 34.2 Å². The van der Waals surface area contributed by atoms with Crippen LogP contribution in [-0.4, -0.2) is 21.8 Å². The Labute approximate surface area is 197 Å². The van der Waals surface area contributed by atoms with Gasteiger partial charge in [0.2, 0.25) is 0 Å². The Hall–Kier alpha value is -4.57. The number of fused-ring (bicyclic) bond motifs is 1.